The van der Waals surface area contributed by atoms with Crippen LogP contribution >= 0.6 is 0 Å². The van der Waals surface area contributed by atoms with Gasteiger partial charge in [0.1, 0.15) is 0 Å². The minimum absolute atomic E-state index is 0.0430. The summed E-state index contributed by atoms with van der Waals surface area (Å²) in [5.41, 5.74) is 0. The fourth-order valence-electron chi connectivity index (χ4n) is 0.875. The third-order valence-electron chi connectivity index (χ3n) is 1.87. The van der Waals surface area contributed by atoms with Crippen LogP contribution in [0.1, 0.15) is 26.2 Å². The van der Waals surface area contributed by atoms with Crippen molar-refractivity contribution in [2.75, 3.05) is 19.3 Å². The van der Waals surface area contributed by atoms with Gasteiger partial charge in [-0.2, -0.15) is 0 Å². The summed E-state index contributed by atoms with van der Waals surface area (Å²) in [5.74, 6) is -0.887. The van der Waals surface area contributed by atoms with Crippen molar-refractivity contribution in [2.24, 2.45) is 0 Å². The quantitative estimate of drug-likeness (QED) is 0.683. The topological polar surface area (TPSA) is 74.7 Å². The van der Waals surface area contributed by atoms with Gasteiger partial charge >= 0.3 is 5.97 Å². The maximum Gasteiger partial charge on any atom is 0.304 e. The van der Waals surface area contributed by atoms with Crippen LogP contribution in [0, 0.1) is 0 Å². The Balaban J connectivity index is 4.08. The van der Waals surface area contributed by atoms with E-state index in [-0.39, 0.29) is 18.7 Å². The van der Waals surface area contributed by atoms with Gasteiger partial charge in [-0.25, -0.2) is 12.7 Å². The van der Waals surface area contributed by atoms with Gasteiger partial charge in [-0.3, -0.25) is 4.79 Å². The third-order valence-corrected chi connectivity index (χ3v) is 3.81. The molecule has 0 rings (SSSR count). The van der Waals surface area contributed by atoms with Crippen LogP contribution in [0.3, 0.4) is 0 Å². The number of hydrogen-bond acceptors (Lipinski definition) is 3. The minimum Gasteiger partial charge on any atom is -0.481 e. The zero-order valence-electron chi connectivity index (χ0n) is 8.56. The molecule has 0 fully saturated rings. The van der Waals surface area contributed by atoms with Crippen molar-refractivity contribution < 1.29 is 18.3 Å². The first-order valence-electron chi connectivity index (χ1n) is 4.56. The molecule has 0 heterocycles. The highest BCUT2D eigenvalue weighted by atomic mass is 32.2. The number of nitrogens with zero attached hydrogens (tertiary/aromatic N) is 1. The molecule has 0 aliphatic carbocycles. The Morgan fingerprint density at radius 2 is 2.00 bits per heavy atom. The van der Waals surface area contributed by atoms with Crippen molar-refractivity contribution in [3.8, 4) is 0 Å². The van der Waals surface area contributed by atoms with Gasteiger partial charge in [0.05, 0.1) is 12.2 Å². The molecule has 0 aromatic carbocycles. The van der Waals surface area contributed by atoms with Crippen LogP contribution in [0.25, 0.3) is 0 Å². The minimum atomic E-state index is -3.25. The molecule has 14 heavy (non-hydrogen) atoms. The van der Waals surface area contributed by atoms with Crippen molar-refractivity contribution in [3.63, 3.8) is 0 Å². The van der Waals surface area contributed by atoms with Crippen molar-refractivity contribution in [3.05, 3.63) is 0 Å². The molecule has 0 aromatic rings. The molecule has 0 saturated heterocycles. The van der Waals surface area contributed by atoms with Crippen molar-refractivity contribution in [1.82, 2.24) is 4.31 Å². The lowest BCUT2D eigenvalue weighted by Crippen LogP contribution is -2.31. The van der Waals surface area contributed by atoms with E-state index < -0.39 is 16.0 Å². The van der Waals surface area contributed by atoms with Crippen LogP contribution in [-0.4, -0.2) is 43.1 Å². The van der Waals surface area contributed by atoms with Crippen LogP contribution < -0.4 is 0 Å². The molecular formula is C8H17NO4S. The third kappa shape index (κ3) is 5.18. The van der Waals surface area contributed by atoms with E-state index in [4.69, 9.17) is 5.11 Å². The van der Waals surface area contributed by atoms with Gasteiger partial charge in [0.2, 0.25) is 10.0 Å². The summed E-state index contributed by atoms with van der Waals surface area (Å²) in [6, 6.07) is 0. The number of rotatable bonds is 7. The summed E-state index contributed by atoms with van der Waals surface area (Å²) < 4.78 is 24.0. The number of unbranched alkanes of at least 4 members (excludes halogenated alkanes) is 1. The predicted octanol–water partition coefficient (Wildman–Crippen LogP) is 0.523. The molecule has 0 unspecified atom stereocenters. The second-order valence-electron chi connectivity index (χ2n) is 3.13. The Bertz CT molecular complexity index is 273. The molecule has 0 bridgehead atoms. The predicted molar refractivity (Wildman–Crippen MR) is 53.6 cm³/mol. The summed E-state index contributed by atoms with van der Waals surface area (Å²) in [4.78, 5) is 10.2. The Labute approximate surface area is 84.8 Å². The standard InChI is InChI=1S/C8H17NO4S/c1-3-4-7-14(12,13)9(2)6-5-8(10)11/h3-7H2,1-2H3,(H,10,11). The van der Waals surface area contributed by atoms with Gasteiger partial charge < -0.3 is 5.11 Å². The summed E-state index contributed by atoms with van der Waals surface area (Å²) >= 11 is 0. The lowest BCUT2D eigenvalue weighted by atomic mass is 10.4. The second kappa shape index (κ2) is 5.98. The first-order valence-corrected chi connectivity index (χ1v) is 6.17. The summed E-state index contributed by atoms with van der Waals surface area (Å²) in [6.07, 6.45) is 1.27. The molecule has 5 nitrogen and oxygen atoms in total. The molecule has 0 saturated carbocycles. The summed E-state index contributed by atoms with van der Waals surface area (Å²) in [5, 5.41) is 8.38. The van der Waals surface area contributed by atoms with Crippen molar-refractivity contribution in [2.45, 2.75) is 26.2 Å². The molecule has 0 aromatic heterocycles. The number of sulfonamides is 1. The highest BCUT2D eigenvalue weighted by molar-refractivity contribution is 7.89. The van der Waals surface area contributed by atoms with E-state index in [1.54, 1.807) is 0 Å². The van der Waals surface area contributed by atoms with Gasteiger partial charge in [-0.15, -0.1) is 0 Å². The average molecular weight is 223 g/mol. The van der Waals surface area contributed by atoms with E-state index in [1.807, 2.05) is 6.92 Å². The van der Waals surface area contributed by atoms with Crippen LogP contribution in [0.2, 0.25) is 0 Å². The van der Waals surface area contributed by atoms with E-state index in [0.717, 1.165) is 10.7 Å². The normalized spacial score (nSPS) is 11.9. The maximum atomic E-state index is 11.4. The molecular weight excluding hydrogens is 206 g/mol. The van der Waals surface area contributed by atoms with Crippen LogP contribution in [-0.2, 0) is 14.8 Å². The zero-order valence-corrected chi connectivity index (χ0v) is 9.38. The lowest BCUT2D eigenvalue weighted by Gasteiger charge is -2.15. The number of carboxylic acids is 1. The molecule has 0 aliphatic rings. The highest BCUT2D eigenvalue weighted by Crippen LogP contribution is 2.02. The molecule has 84 valence electrons. The fourth-order valence-corrected chi connectivity index (χ4v) is 2.21. The van der Waals surface area contributed by atoms with E-state index in [0.29, 0.717) is 6.42 Å². The molecule has 6 heteroatoms. The molecule has 0 amide bonds. The number of carbonyl (C=O) groups is 1. The number of hydrogen-bond donors (Lipinski definition) is 1. The van der Waals surface area contributed by atoms with E-state index >= 15 is 0 Å². The Kier molecular flexibility index (Phi) is 5.71. The van der Waals surface area contributed by atoms with Crippen LogP contribution in [0.5, 0.6) is 0 Å². The lowest BCUT2D eigenvalue weighted by molar-refractivity contribution is -0.137. The molecule has 1 N–H and O–H groups in total. The maximum absolute atomic E-state index is 11.4. The Morgan fingerprint density at radius 1 is 1.43 bits per heavy atom. The molecule has 0 radical (unpaired) electrons. The Morgan fingerprint density at radius 3 is 2.43 bits per heavy atom. The van der Waals surface area contributed by atoms with Crippen LogP contribution in [0.4, 0.5) is 0 Å². The van der Waals surface area contributed by atoms with E-state index in [1.165, 1.54) is 7.05 Å². The highest BCUT2D eigenvalue weighted by Gasteiger charge is 2.17. The smallest absolute Gasteiger partial charge is 0.304 e. The number of carboxylic acid groups (broad SMARTS) is 1. The first-order chi connectivity index (χ1) is 6.40. The fraction of sp³-hybridized carbons (Fsp3) is 0.875. The van der Waals surface area contributed by atoms with Gasteiger partial charge in [0.25, 0.3) is 0 Å². The second-order valence-corrected chi connectivity index (χ2v) is 5.33. The largest absolute Gasteiger partial charge is 0.481 e. The van der Waals surface area contributed by atoms with E-state index in [9.17, 15) is 13.2 Å². The summed E-state index contributed by atoms with van der Waals surface area (Å²) in [7, 11) is -1.84. The molecule has 0 spiro atoms. The zero-order chi connectivity index (χ0) is 11.2. The van der Waals surface area contributed by atoms with Crippen molar-refractivity contribution >= 4 is 16.0 Å². The number of aliphatic carboxylic acids is 1. The van der Waals surface area contributed by atoms with Crippen molar-refractivity contribution in [1.29, 1.82) is 0 Å². The average Bonchev–Trinajstić information content (AvgIpc) is 2.10. The first kappa shape index (κ1) is 13.4. The van der Waals surface area contributed by atoms with Gasteiger partial charge in [-0.1, -0.05) is 13.3 Å². The molecule has 0 atom stereocenters. The molecule has 0 aliphatic heterocycles. The Hall–Kier alpha value is -0.620. The monoisotopic (exact) mass is 223 g/mol. The van der Waals surface area contributed by atoms with Gasteiger partial charge in [0, 0.05) is 13.6 Å². The summed E-state index contributed by atoms with van der Waals surface area (Å²) in [6.45, 7) is 1.95. The van der Waals surface area contributed by atoms with Gasteiger partial charge in [0.15, 0.2) is 0 Å². The van der Waals surface area contributed by atoms with Crippen LogP contribution in [0.15, 0.2) is 0 Å². The van der Waals surface area contributed by atoms with E-state index in [2.05, 4.69) is 0 Å². The SMILES string of the molecule is CCCCS(=O)(=O)N(C)CCC(=O)O. The van der Waals surface area contributed by atoms with Gasteiger partial charge in [-0.05, 0) is 6.42 Å².